The molecule has 4 heteroatoms. The van der Waals surface area contributed by atoms with Gasteiger partial charge in [0.25, 0.3) is 0 Å². The molecule has 0 aliphatic carbocycles. The summed E-state index contributed by atoms with van der Waals surface area (Å²) in [5, 5.41) is 10.5. The first-order chi connectivity index (χ1) is 10.5. The molecule has 0 heterocycles. The van der Waals surface area contributed by atoms with Crippen LogP contribution in [0.2, 0.25) is 4.82 Å². The molecule has 0 amide bonds. The van der Waals surface area contributed by atoms with Crippen LogP contribution in [0.25, 0.3) is 0 Å². The van der Waals surface area contributed by atoms with Crippen molar-refractivity contribution in [2.24, 2.45) is 0 Å². The molecule has 0 spiro atoms. The molecular formula is C18H20O2SSe. The fourth-order valence-corrected chi connectivity index (χ4v) is 5.44. The van der Waals surface area contributed by atoms with Crippen molar-refractivity contribution in [1.82, 2.24) is 0 Å². The summed E-state index contributed by atoms with van der Waals surface area (Å²) >= 11 is 0.112. The molecule has 0 aliphatic rings. The molecule has 22 heavy (non-hydrogen) atoms. The zero-order chi connectivity index (χ0) is 16.1. The van der Waals surface area contributed by atoms with Gasteiger partial charge in [-0.05, 0) is 0 Å². The van der Waals surface area contributed by atoms with Gasteiger partial charge in [0, 0.05) is 0 Å². The molecule has 2 aromatic carbocycles. The first-order valence-corrected chi connectivity index (χ1v) is 10.1. The molecule has 1 N–H and O–H groups in total. The minimum absolute atomic E-state index is 0.0248. The molecule has 2 aromatic rings. The Morgan fingerprint density at radius 1 is 1.14 bits per heavy atom. The molecule has 3 unspecified atom stereocenters. The Balaban J connectivity index is 2.04. The van der Waals surface area contributed by atoms with Crippen molar-refractivity contribution in [3.8, 4) is 0 Å². The second-order valence-electron chi connectivity index (χ2n) is 5.13. The number of hydrogen-bond donors (Lipinski definition) is 1. The quantitative estimate of drug-likeness (QED) is 0.784. The normalized spacial score (nSPS) is 15.0. The predicted octanol–water partition coefficient (Wildman–Crippen LogP) is 2.82. The van der Waals surface area contributed by atoms with E-state index in [-0.39, 0.29) is 19.8 Å². The van der Waals surface area contributed by atoms with Gasteiger partial charge in [0.15, 0.2) is 0 Å². The first-order valence-electron chi connectivity index (χ1n) is 7.06. The van der Waals surface area contributed by atoms with Crippen molar-refractivity contribution in [1.29, 1.82) is 0 Å². The van der Waals surface area contributed by atoms with Crippen molar-refractivity contribution < 1.29 is 9.32 Å². The van der Waals surface area contributed by atoms with Gasteiger partial charge in [-0.1, -0.05) is 0 Å². The van der Waals surface area contributed by atoms with Crippen LogP contribution in [0.1, 0.15) is 12.5 Å². The number of rotatable bonds is 6. The summed E-state index contributed by atoms with van der Waals surface area (Å²) in [6.45, 7) is 7.84. The van der Waals surface area contributed by atoms with Crippen molar-refractivity contribution >= 4 is 30.2 Å². The van der Waals surface area contributed by atoms with Crippen molar-refractivity contribution in [3.63, 3.8) is 0 Å². The monoisotopic (exact) mass is 380 g/mol. The Morgan fingerprint density at radius 2 is 1.73 bits per heavy atom. The maximum absolute atomic E-state index is 12.5. The van der Waals surface area contributed by atoms with Gasteiger partial charge < -0.3 is 0 Å². The summed E-state index contributed by atoms with van der Waals surface area (Å²) in [6, 6.07) is 17.6. The van der Waals surface area contributed by atoms with Crippen LogP contribution in [0.15, 0.2) is 71.0 Å². The van der Waals surface area contributed by atoms with E-state index < -0.39 is 16.9 Å². The van der Waals surface area contributed by atoms with Crippen LogP contribution < -0.4 is 4.46 Å². The average Bonchev–Trinajstić information content (AvgIpc) is 2.54. The van der Waals surface area contributed by atoms with Gasteiger partial charge in [0.2, 0.25) is 0 Å². The Kier molecular flexibility index (Phi) is 6.15. The number of hydrogen-bond acceptors (Lipinski definition) is 2. The van der Waals surface area contributed by atoms with Gasteiger partial charge >= 0.3 is 141 Å². The van der Waals surface area contributed by atoms with Crippen LogP contribution in [-0.4, -0.2) is 30.4 Å². The Labute approximate surface area is 140 Å². The summed E-state index contributed by atoms with van der Waals surface area (Å²) in [5.41, 5.74) is 1.12. The number of benzene rings is 2. The average molecular weight is 379 g/mol. The summed E-state index contributed by atoms with van der Waals surface area (Å²) in [6.07, 6.45) is -0.762. The second kappa shape index (κ2) is 7.89. The molecule has 0 fully saturated rings. The summed E-state index contributed by atoms with van der Waals surface area (Å²) in [5.74, 6) is 0. The summed E-state index contributed by atoms with van der Waals surface area (Å²) in [7, 11) is -1.38. The Bertz CT molecular complexity index is 653. The van der Waals surface area contributed by atoms with E-state index >= 15 is 0 Å². The molecule has 0 bridgehead atoms. The van der Waals surface area contributed by atoms with Crippen LogP contribution >= 0.6 is 0 Å². The molecule has 0 saturated carbocycles. The van der Waals surface area contributed by atoms with Crippen LogP contribution in [0.3, 0.4) is 0 Å². The van der Waals surface area contributed by atoms with Crippen LogP contribution in [0.5, 0.6) is 0 Å². The van der Waals surface area contributed by atoms with Crippen LogP contribution in [0, 0.1) is 6.92 Å². The second-order valence-corrected chi connectivity index (χ2v) is 9.71. The van der Waals surface area contributed by atoms with E-state index in [0.717, 1.165) is 5.56 Å². The molecular weight excluding hydrogens is 359 g/mol. The van der Waals surface area contributed by atoms with E-state index in [9.17, 15) is 9.32 Å². The number of aryl methyl sites for hydroxylation is 1. The molecule has 2 nitrogen and oxygen atoms in total. The third kappa shape index (κ3) is 4.40. The van der Waals surface area contributed by atoms with Crippen molar-refractivity contribution in [3.05, 3.63) is 71.6 Å². The number of aliphatic hydroxyl groups is 1. The van der Waals surface area contributed by atoms with E-state index in [1.165, 1.54) is 4.46 Å². The fraction of sp³-hybridized carbons (Fsp3) is 0.222. The van der Waals surface area contributed by atoms with E-state index in [1.807, 2.05) is 56.3 Å². The van der Waals surface area contributed by atoms with Gasteiger partial charge in [0.1, 0.15) is 0 Å². The Hall–Kier alpha value is -1.19. The Morgan fingerprint density at radius 3 is 2.32 bits per heavy atom. The fourth-order valence-electron chi connectivity index (χ4n) is 1.96. The zero-order valence-corrected chi connectivity index (χ0v) is 15.3. The summed E-state index contributed by atoms with van der Waals surface area (Å²) < 4.78 is 13.7. The van der Waals surface area contributed by atoms with Gasteiger partial charge in [-0.3, -0.25) is 0 Å². The van der Waals surface area contributed by atoms with Crippen LogP contribution in [0.4, 0.5) is 0 Å². The third-order valence-electron chi connectivity index (χ3n) is 3.31. The minimum atomic E-state index is -1.38. The van der Waals surface area contributed by atoms with Crippen LogP contribution in [-0.2, 0) is 10.8 Å². The standard InChI is InChI=1S/C18H20O2SSe/c1-13-9-11-16(12-10-13)21(20)14(2)18(19)15(3)22-17-7-5-4-6-8-17/h4-12,15,18-19H,2H2,1,3H3. The van der Waals surface area contributed by atoms with Crippen molar-refractivity contribution in [2.45, 2.75) is 29.7 Å². The molecule has 0 aromatic heterocycles. The van der Waals surface area contributed by atoms with Crippen molar-refractivity contribution in [2.75, 3.05) is 0 Å². The number of aliphatic hydroxyl groups excluding tert-OH is 1. The van der Waals surface area contributed by atoms with Gasteiger partial charge in [-0.25, -0.2) is 0 Å². The SMILES string of the molecule is C=C(C(O)C(C)[Se]c1ccccc1)S(=O)c1ccc(C)cc1. The molecule has 3 atom stereocenters. The van der Waals surface area contributed by atoms with Gasteiger partial charge in [-0.15, -0.1) is 0 Å². The van der Waals surface area contributed by atoms with E-state index in [0.29, 0.717) is 9.80 Å². The molecule has 0 radical (unpaired) electrons. The third-order valence-corrected chi connectivity index (χ3v) is 7.19. The zero-order valence-electron chi connectivity index (χ0n) is 12.7. The maximum atomic E-state index is 12.5. The van der Waals surface area contributed by atoms with E-state index in [2.05, 4.69) is 18.7 Å². The summed E-state index contributed by atoms with van der Waals surface area (Å²) in [4.78, 5) is 1.10. The van der Waals surface area contributed by atoms with Gasteiger partial charge in [-0.2, -0.15) is 0 Å². The first kappa shape index (κ1) is 17.2. The predicted molar refractivity (Wildman–Crippen MR) is 94.0 cm³/mol. The topological polar surface area (TPSA) is 37.3 Å². The van der Waals surface area contributed by atoms with E-state index in [1.54, 1.807) is 0 Å². The molecule has 0 aliphatic heterocycles. The van der Waals surface area contributed by atoms with E-state index in [4.69, 9.17) is 0 Å². The molecule has 2 rings (SSSR count). The van der Waals surface area contributed by atoms with Gasteiger partial charge in [0.05, 0.1) is 0 Å². The molecule has 0 saturated heterocycles. The molecule has 116 valence electrons.